The number of hydrogen-bond donors (Lipinski definition) is 3. The summed E-state index contributed by atoms with van der Waals surface area (Å²) in [5.74, 6) is 0.146. The Morgan fingerprint density at radius 3 is 2.50 bits per heavy atom. The number of primary amides is 1. The van der Waals surface area contributed by atoms with Crippen LogP contribution in [-0.4, -0.2) is 23.1 Å². The van der Waals surface area contributed by atoms with Crippen molar-refractivity contribution in [3.63, 3.8) is 0 Å². The lowest BCUT2D eigenvalue weighted by Crippen LogP contribution is -2.14. The number of aryl methyl sites for hydroxylation is 1. The molecule has 0 aliphatic carbocycles. The van der Waals surface area contributed by atoms with E-state index in [1.165, 1.54) is 6.20 Å². The van der Waals surface area contributed by atoms with E-state index in [1.807, 2.05) is 67.6 Å². The number of carbonyl (C=O) groups excluding carboxylic acids is 1. The van der Waals surface area contributed by atoms with E-state index in [1.54, 1.807) is 18.9 Å². The first-order valence-electron chi connectivity index (χ1n) is 12.1. The molecule has 0 bridgehead atoms. The highest BCUT2D eigenvalue weighted by Crippen LogP contribution is 2.37. The summed E-state index contributed by atoms with van der Waals surface area (Å²) >= 11 is 1.64. The van der Waals surface area contributed by atoms with Gasteiger partial charge in [0.15, 0.2) is 0 Å². The number of carbonyl (C=O) groups is 1. The predicted molar refractivity (Wildman–Crippen MR) is 153 cm³/mol. The fourth-order valence-corrected chi connectivity index (χ4v) is 5.37. The maximum absolute atomic E-state index is 12.4. The van der Waals surface area contributed by atoms with Crippen molar-refractivity contribution in [2.24, 2.45) is 5.73 Å². The minimum absolute atomic E-state index is 0.0263. The molecule has 0 fully saturated rings. The topological polar surface area (TPSA) is 97.5 Å². The number of methoxy groups -OCH3 is 1. The largest absolute Gasteiger partial charge is 0.497 e. The quantitative estimate of drug-likeness (QED) is 0.210. The number of anilines is 2. The number of nitrogens with two attached hydrogens (primary N) is 1. The zero-order valence-corrected chi connectivity index (χ0v) is 21.9. The lowest BCUT2D eigenvalue weighted by molar-refractivity contribution is 0.100. The van der Waals surface area contributed by atoms with Crippen molar-refractivity contribution in [1.82, 2.24) is 4.98 Å². The van der Waals surface area contributed by atoms with E-state index >= 15 is 0 Å². The first-order valence-corrected chi connectivity index (χ1v) is 12.9. The Kier molecular flexibility index (Phi) is 7.31. The van der Waals surface area contributed by atoms with Crippen LogP contribution in [0, 0.1) is 6.92 Å². The highest BCUT2D eigenvalue weighted by molar-refractivity contribution is 7.99. The Labute approximate surface area is 225 Å². The lowest BCUT2D eigenvalue weighted by atomic mass is 10.0. The molecule has 6 nitrogen and oxygen atoms in total. The van der Waals surface area contributed by atoms with Crippen LogP contribution in [0.3, 0.4) is 0 Å². The molecule has 5 aromatic rings. The van der Waals surface area contributed by atoms with Crippen molar-refractivity contribution in [3.05, 3.63) is 108 Å². The number of aromatic nitrogens is 1. The molecule has 190 valence electrons. The van der Waals surface area contributed by atoms with E-state index < -0.39 is 5.91 Å². The Balaban J connectivity index is 1.55. The molecule has 1 aromatic heterocycles. The second-order valence-electron chi connectivity index (χ2n) is 8.89. The number of ether oxygens (including phenoxy) is 1. The van der Waals surface area contributed by atoms with E-state index in [0.717, 1.165) is 48.6 Å². The molecule has 38 heavy (non-hydrogen) atoms. The van der Waals surface area contributed by atoms with Crippen LogP contribution >= 0.6 is 11.8 Å². The van der Waals surface area contributed by atoms with Gasteiger partial charge in [-0.15, -0.1) is 0 Å². The molecule has 4 aromatic carbocycles. The van der Waals surface area contributed by atoms with Crippen molar-refractivity contribution in [3.8, 4) is 16.9 Å². The van der Waals surface area contributed by atoms with Crippen molar-refractivity contribution in [2.45, 2.75) is 23.3 Å². The smallest absolute Gasteiger partial charge is 0.252 e. The Hall–Kier alpha value is -4.33. The van der Waals surface area contributed by atoms with Crippen LogP contribution in [0.5, 0.6) is 5.75 Å². The SMILES string of the molecule is COc1cccc(Nc2c(C(N)=O)cnc3c(C)cc(Sc4cccc(-c5ccc(CO)cc5)c4)cc23)c1. The second kappa shape index (κ2) is 11.0. The third-order valence-electron chi connectivity index (χ3n) is 6.28. The number of nitrogens with one attached hydrogen (secondary N) is 1. The third kappa shape index (κ3) is 5.34. The molecule has 0 radical (unpaired) electrons. The normalized spacial score (nSPS) is 10.9. The van der Waals surface area contributed by atoms with E-state index in [4.69, 9.17) is 10.5 Å². The van der Waals surface area contributed by atoms with Gasteiger partial charge < -0.3 is 20.9 Å². The molecule has 1 amide bonds. The van der Waals surface area contributed by atoms with Gasteiger partial charge in [0.05, 0.1) is 30.5 Å². The van der Waals surface area contributed by atoms with E-state index in [0.29, 0.717) is 17.0 Å². The molecule has 4 N–H and O–H groups in total. The van der Waals surface area contributed by atoms with Gasteiger partial charge in [0.1, 0.15) is 5.75 Å². The molecule has 0 atom stereocenters. The van der Waals surface area contributed by atoms with Crippen molar-refractivity contribution < 1.29 is 14.6 Å². The summed E-state index contributed by atoms with van der Waals surface area (Å²) < 4.78 is 5.36. The minimum Gasteiger partial charge on any atom is -0.497 e. The number of aliphatic hydroxyl groups is 1. The summed E-state index contributed by atoms with van der Waals surface area (Å²) in [5, 5.41) is 13.5. The lowest BCUT2D eigenvalue weighted by Gasteiger charge is -2.16. The van der Waals surface area contributed by atoms with Gasteiger partial charge in [-0.2, -0.15) is 0 Å². The molecule has 0 saturated heterocycles. The predicted octanol–water partition coefficient (Wildman–Crippen LogP) is 6.70. The molecule has 7 heteroatoms. The zero-order chi connectivity index (χ0) is 26.6. The fraction of sp³-hybridized carbons (Fsp3) is 0.0968. The maximum Gasteiger partial charge on any atom is 0.252 e. The Morgan fingerprint density at radius 2 is 1.76 bits per heavy atom. The van der Waals surface area contributed by atoms with Crippen LogP contribution in [0.2, 0.25) is 0 Å². The van der Waals surface area contributed by atoms with E-state index in [2.05, 4.69) is 34.6 Å². The first kappa shape index (κ1) is 25.3. The minimum atomic E-state index is -0.555. The number of rotatable bonds is 8. The molecule has 0 saturated carbocycles. The van der Waals surface area contributed by atoms with Gasteiger partial charge in [-0.25, -0.2) is 0 Å². The third-order valence-corrected chi connectivity index (χ3v) is 7.24. The fourth-order valence-electron chi connectivity index (χ4n) is 4.35. The van der Waals surface area contributed by atoms with Crippen LogP contribution in [-0.2, 0) is 6.61 Å². The number of hydrogen-bond acceptors (Lipinski definition) is 6. The number of amides is 1. The Morgan fingerprint density at radius 1 is 0.974 bits per heavy atom. The highest BCUT2D eigenvalue weighted by Gasteiger charge is 2.16. The van der Waals surface area contributed by atoms with E-state index in [9.17, 15) is 9.90 Å². The molecule has 5 rings (SSSR count). The molecule has 1 heterocycles. The molecule has 0 unspecified atom stereocenters. The van der Waals surface area contributed by atoms with Gasteiger partial charge >= 0.3 is 0 Å². The van der Waals surface area contributed by atoms with Crippen LogP contribution in [0.25, 0.3) is 22.0 Å². The molecule has 0 spiro atoms. The number of nitrogens with zero attached hydrogens (tertiary/aromatic N) is 1. The Bertz CT molecular complexity index is 1630. The number of benzene rings is 4. The summed E-state index contributed by atoms with van der Waals surface area (Å²) in [7, 11) is 1.61. The summed E-state index contributed by atoms with van der Waals surface area (Å²) in [6.07, 6.45) is 1.53. The summed E-state index contributed by atoms with van der Waals surface area (Å²) in [4.78, 5) is 19.0. The zero-order valence-electron chi connectivity index (χ0n) is 21.1. The second-order valence-corrected chi connectivity index (χ2v) is 10.0. The van der Waals surface area contributed by atoms with Gasteiger partial charge in [0, 0.05) is 33.1 Å². The molecule has 0 aliphatic rings. The van der Waals surface area contributed by atoms with Crippen molar-refractivity contribution in [2.75, 3.05) is 12.4 Å². The van der Waals surface area contributed by atoms with Gasteiger partial charge in [-0.05, 0) is 65.6 Å². The number of pyridine rings is 1. The summed E-state index contributed by atoms with van der Waals surface area (Å²) in [6.45, 7) is 2.04. The monoisotopic (exact) mass is 521 g/mol. The average molecular weight is 522 g/mol. The molecular formula is C31H27N3O3S. The van der Waals surface area contributed by atoms with Gasteiger partial charge in [0.2, 0.25) is 0 Å². The number of aliphatic hydroxyl groups excluding tert-OH is 1. The highest BCUT2D eigenvalue weighted by atomic mass is 32.2. The van der Waals surface area contributed by atoms with Crippen LogP contribution < -0.4 is 15.8 Å². The van der Waals surface area contributed by atoms with E-state index in [-0.39, 0.29) is 6.61 Å². The molecular weight excluding hydrogens is 494 g/mol. The van der Waals surface area contributed by atoms with Crippen LogP contribution in [0.15, 0.2) is 101 Å². The van der Waals surface area contributed by atoms with Crippen LogP contribution in [0.4, 0.5) is 11.4 Å². The van der Waals surface area contributed by atoms with Gasteiger partial charge in [-0.3, -0.25) is 9.78 Å². The van der Waals surface area contributed by atoms with Crippen LogP contribution in [0.1, 0.15) is 21.5 Å². The average Bonchev–Trinajstić information content (AvgIpc) is 2.93. The summed E-state index contributed by atoms with van der Waals surface area (Å²) in [6, 6.07) is 27.9. The van der Waals surface area contributed by atoms with Crippen molar-refractivity contribution in [1.29, 1.82) is 0 Å². The summed E-state index contributed by atoms with van der Waals surface area (Å²) in [5.41, 5.74) is 12.3. The first-order chi connectivity index (χ1) is 18.4. The van der Waals surface area contributed by atoms with Gasteiger partial charge in [-0.1, -0.05) is 54.2 Å². The maximum atomic E-state index is 12.4. The number of fused-ring (bicyclic) bond motifs is 1. The standard InChI is InChI=1S/C31H27N3O3S/c1-19-13-26(38-25-8-3-5-22(14-25)21-11-9-20(18-35)10-12-21)16-27-29(19)33-17-28(31(32)36)30(27)34-23-6-4-7-24(15-23)37-2/h3-17,35H,18H2,1-2H3,(H2,32,36)(H,33,34). The van der Waals surface area contributed by atoms with Crippen molar-refractivity contribution >= 4 is 39.9 Å². The molecule has 0 aliphatic heterocycles. The van der Waals surface area contributed by atoms with Gasteiger partial charge in [0.25, 0.3) is 5.91 Å².